The molecule has 1 atom stereocenters. The van der Waals surface area contributed by atoms with Crippen LogP contribution in [0.1, 0.15) is 42.0 Å². The Kier molecular flexibility index (Phi) is 3.08. The number of aromatic amines is 1. The average molecular weight is 237 g/mol. The summed E-state index contributed by atoms with van der Waals surface area (Å²) >= 11 is 0. The Morgan fingerprint density at radius 2 is 2.24 bits per heavy atom. The van der Waals surface area contributed by atoms with Crippen molar-refractivity contribution in [1.29, 1.82) is 0 Å². The maximum absolute atomic E-state index is 11.6. The molecule has 0 radical (unpaired) electrons. The molecule has 2 amide bonds. The van der Waals surface area contributed by atoms with E-state index in [0.717, 1.165) is 12.8 Å². The molecule has 0 unspecified atom stereocenters. The van der Waals surface area contributed by atoms with Crippen LogP contribution in [0.4, 0.5) is 0 Å². The van der Waals surface area contributed by atoms with Crippen molar-refractivity contribution in [1.82, 2.24) is 25.6 Å². The number of aromatic nitrogens is 3. The Morgan fingerprint density at radius 3 is 2.88 bits per heavy atom. The Bertz CT molecular complexity index is 442. The first-order valence-corrected chi connectivity index (χ1v) is 5.55. The molecular formula is C10H15N5O2. The van der Waals surface area contributed by atoms with Crippen molar-refractivity contribution in [2.45, 2.75) is 25.8 Å². The lowest BCUT2D eigenvalue weighted by Crippen LogP contribution is -2.30. The molecular weight excluding hydrogens is 222 g/mol. The van der Waals surface area contributed by atoms with Crippen LogP contribution in [0, 0.1) is 0 Å². The number of carbonyl (C=O) groups is 2. The van der Waals surface area contributed by atoms with Crippen LogP contribution in [0.2, 0.25) is 0 Å². The lowest BCUT2D eigenvalue weighted by Gasteiger charge is -2.21. The fourth-order valence-corrected chi connectivity index (χ4v) is 2.18. The number of carbonyl (C=O) groups excluding carboxylic acids is 2. The number of nitrogens with zero attached hydrogens (tertiary/aromatic N) is 3. The van der Waals surface area contributed by atoms with Gasteiger partial charge in [-0.05, 0) is 12.8 Å². The highest BCUT2D eigenvalue weighted by atomic mass is 16.2. The van der Waals surface area contributed by atoms with Crippen LogP contribution < -0.4 is 5.32 Å². The van der Waals surface area contributed by atoms with Gasteiger partial charge in [0.25, 0.3) is 5.91 Å². The van der Waals surface area contributed by atoms with Crippen LogP contribution in [0.15, 0.2) is 0 Å². The van der Waals surface area contributed by atoms with Crippen molar-refractivity contribution in [2.24, 2.45) is 0 Å². The van der Waals surface area contributed by atoms with E-state index >= 15 is 0 Å². The standard InChI is InChI=1S/C10H15N5O2/c1-6(16)15-5-3-4-7(15)8-9(10(17)11-2)13-14-12-8/h7H,3-5H2,1-2H3,(H,11,17)(H,12,13,14)/t7-/m0/s1. The highest BCUT2D eigenvalue weighted by molar-refractivity contribution is 5.93. The molecule has 0 aliphatic carbocycles. The second kappa shape index (κ2) is 4.52. The molecule has 92 valence electrons. The Morgan fingerprint density at radius 1 is 1.47 bits per heavy atom. The number of likely N-dealkylation sites (tertiary alicyclic amines) is 1. The van der Waals surface area contributed by atoms with E-state index in [4.69, 9.17) is 0 Å². The van der Waals surface area contributed by atoms with E-state index in [9.17, 15) is 9.59 Å². The summed E-state index contributed by atoms with van der Waals surface area (Å²) in [5.41, 5.74) is 0.822. The monoisotopic (exact) mass is 237 g/mol. The van der Waals surface area contributed by atoms with Gasteiger partial charge in [-0.15, -0.1) is 0 Å². The minimum atomic E-state index is -0.288. The molecule has 2 rings (SSSR count). The van der Waals surface area contributed by atoms with Gasteiger partial charge in [0, 0.05) is 20.5 Å². The van der Waals surface area contributed by atoms with Crippen molar-refractivity contribution in [3.63, 3.8) is 0 Å². The number of amides is 2. The second-order valence-electron chi connectivity index (χ2n) is 4.01. The smallest absolute Gasteiger partial charge is 0.273 e. The third-order valence-corrected chi connectivity index (χ3v) is 2.99. The van der Waals surface area contributed by atoms with E-state index in [2.05, 4.69) is 20.7 Å². The minimum Gasteiger partial charge on any atom is -0.354 e. The average Bonchev–Trinajstić information content (AvgIpc) is 2.95. The van der Waals surface area contributed by atoms with Gasteiger partial charge in [-0.2, -0.15) is 15.4 Å². The van der Waals surface area contributed by atoms with Gasteiger partial charge in [0.1, 0.15) is 5.69 Å². The lowest BCUT2D eigenvalue weighted by atomic mass is 10.1. The van der Waals surface area contributed by atoms with E-state index in [0.29, 0.717) is 12.2 Å². The molecule has 0 spiro atoms. The summed E-state index contributed by atoms with van der Waals surface area (Å²) in [5, 5.41) is 12.8. The van der Waals surface area contributed by atoms with Crippen LogP contribution in [0.3, 0.4) is 0 Å². The number of hydrogen-bond donors (Lipinski definition) is 2. The third-order valence-electron chi connectivity index (χ3n) is 2.99. The fourth-order valence-electron chi connectivity index (χ4n) is 2.18. The number of nitrogens with one attached hydrogen (secondary N) is 2. The van der Waals surface area contributed by atoms with Crippen molar-refractivity contribution < 1.29 is 9.59 Å². The SMILES string of the molecule is CNC(=O)c1n[nH]nc1[C@@H]1CCCN1C(C)=O. The van der Waals surface area contributed by atoms with Crippen LogP contribution in [-0.4, -0.2) is 45.7 Å². The van der Waals surface area contributed by atoms with Crippen molar-refractivity contribution in [3.05, 3.63) is 11.4 Å². The van der Waals surface area contributed by atoms with Gasteiger partial charge in [-0.25, -0.2) is 0 Å². The van der Waals surface area contributed by atoms with E-state index in [1.807, 2.05) is 0 Å². The maximum Gasteiger partial charge on any atom is 0.273 e. The highest BCUT2D eigenvalue weighted by Crippen LogP contribution is 2.31. The molecule has 1 aromatic rings. The molecule has 1 fully saturated rings. The van der Waals surface area contributed by atoms with Gasteiger partial charge < -0.3 is 10.2 Å². The van der Waals surface area contributed by atoms with Gasteiger partial charge >= 0.3 is 0 Å². The van der Waals surface area contributed by atoms with Gasteiger partial charge in [-0.1, -0.05) is 0 Å². The summed E-state index contributed by atoms with van der Waals surface area (Å²) in [5.74, 6) is -0.289. The van der Waals surface area contributed by atoms with Crippen LogP contribution >= 0.6 is 0 Å². The van der Waals surface area contributed by atoms with Crippen molar-refractivity contribution >= 4 is 11.8 Å². The predicted molar refractivity (Wildman–Crippen MR) is 59.1 cm³/mol. The summed E-state index contributed by atoms with van der Waals surface area (Å²) in [6, 6.07) is -0.140. The molecule has 1 aromatic heterocycles. The summed E-state index contributed by atoms with van der Waals surface area (Å²) < 4.78 is 0. The maximum atomic E-state index is 11.6. The zero-order valence-electron chi connectivity index (χ0n) is 9.86. The van der Waals surface area contributed by atoms with Crippen LogP contribution in [0.25, 0.3) is 0 Å². The topological polar surface area (TPSA) is 91.0 Å². The first kappa shape index (κ1) is 11.6. The Balaban J connectivity index is 2.31. The molecule has 17 heavy (non-hydrogen) atoms. The van der Waals surface area contributed by atoms with Crippen molar-refractivity contribution in [2.75, 3.05) is 13.6 Å². The Labute approximate surface area is 98.6 Å². The molecule has 1 aliphatic heterocycles. The van der Waals surface area contributed by atoms with Gasteiger partial charge in [0.15, 0.2) is 5.69 Å². The molecule has 1 saturated heterocycles. The predicted octanol–water partition coefficient (Wildman–Crippen LogP) is -0.152. The molecule has 0 bridgehead atoms. The van der Waals surface area contributed by atoms with E-state index in [1.165, 1.54) is 14.0 Å². The van der Waals surface area contributed by atoms with Crippen LogP contribution in [0.5, 0.6) is 0 Å². The molecule has 2 N–H and O–H groups in total. The largest absolute Gasteiger partial charge is 0.354 e. The summed E-state index contributed by atoms with van der Waals surface area (Å²) in [6.45, 7) is 2.23. The molecule has 1 aliphatic rings. The zero-order valence-corrected chi connectivity index (χ0v) is 9.86. The number of hydrogen-bond acceptors (Lipinski definition) is 4. The highest BCUT2D eigenvalue weighted by Gasteiger charge is 2.33. The van der Waals surface area contributed by atoms with E-state index in [-0.39, 0.29) is 23.6 Å². The summed E-state index contributed by atoms with van der Waals surface area (Å²) in [7, 11) is 1.54. The van der Waals surface area contributed by atoms with Gasteiger partial charge in [-0.3, -0.25) is 9.59 Å². The first-order valence-electron chi connectivity index (χ1n) is 5.55. The molecule has 7 heteroatoms. The molecule has 2 heterocycles. The van der Waals surface area contributed by atoms with E-state index < -0.39 is 0 Å². The van der Waals surface area contributed by atoms with Crippen molar-refractivity contribution in [3.8, 4) is 0 Å². The molecule has 7 nitrogen and oxygen atoms in total. The molecule has 0 saturated carbocycles. The third kappa shape index (κ3) is 2.00. The number of H-pyrrole nitrogens is 1. The minimum absolute atomic E-state index is 0.00152. The summed E-state index contributed by atoms with van der Waals surface area (Å²) in [6.07, 6.45) is 1.74. The van der Waals surface area contributed by atoms with E-state index in [1.54, 1.807) is 4.90 Å². The first-order chi connectivity index (χ1) is 8.15. The lowest BCUT2D eigenvalue weighted by molar-refractivity contribution is -0.129. The van der Waals surface area contributed by atoms with Gasteiger partial charge in [0.05, 0.1) is 6.04 Å². The quantitative estimate of drug-likeness (QED) is 0.748. The molecule has 0 aromatic carbocycles. The second-order valence-corrected chi connectivity index (χ2v) is 4.01. The van der Waals surface area contributed by atoms with Crippen LogP contribution in [-0.2, 0) is 4.79 Å². The Hall–Kier alpha value is -1.92. The van der Waals surface area contributed by atoms with Gasteiger partial charge in [0.2, 0.25) is 5.91 Å². The summed E-state index contributed by atoms with van der Waals surface area (Å²) in [4.78, 5) is 24.8. The zero-order chi connectivity index (χ0) is 12.4. The number of rotatable bonds is 2. The fraction of sp³-hybridized carbons (Fsp3) is 0.600. The normalized spacial score (nSPS) is 19.4.